The van der Waals surface area contributed by atoms with Gasteiger partial charge >= 0.3 is 0 Å². The Bertz CT molecular complexity index is 880. The average Bonchev–Trinajstić information content (AvgIpc) is 2.70. The van der Waals surface area contributed by atoms with Gasteiger partial charge in [0.25, 0.3) is 0 Å². The Morgan fingerprint density at radius 1 is 0.889 bits per heavy atom. The van der Waals surface area contributed by atoms with Gasteiger partial charge in [0.2, 0.25) is 5.91 Å². The Kier molecular flexibility index (Phi) is 6.12. The van der Waals surface area contributed by atoms with Crippen molar-refractivity contribution < 1.29 is 15.0 Å². The monoisotopic (exact) mass is 381 g/mol. The highest BCUT2D eigenvalue weighted by atomic mass is 35.5. The molecule has 1 atom stereocenters. The topological polar surface area (TPSA) is 60.8 Å². The molecule has 0 fully saturated rings. The summed E-state index contributed by atoms with van der Waals surface area (Å²) in [4.78, 5) is 14.9. The van der Waals surface area contributed by atoms with Crippen LogP contribution in [-0.4, -0.2) is 22.7 Å². The fourth-order valence-corrected chi connectivity index (χ4v) is 3.03. The van der Waals surface area contributed by atoms with E-state index in [0.717, 1.165) is 5.56 Å². The van der Waals surface area contributed by atoms with Gasteiger partial charge in [-0.1, -0.05) is 41.9 Å². The van der Waals surface area contributed by atoms with Crippen molar-refractivity contribution in [3.63, 3.8) is 0 Å². The van der Waals surface area contributed by atoms with E-state index in [1.54, 1.807) is 29.2 Å². The second-order valence-electron chi connectivity index (χ2n) is 6.24. The number of phenols is 1. The lowest BCUT2D eigenvalue weighted by molar-refractivity contribution is -0.122. The lowest BCUT2D eigenvalue weighted by Crippen LogP contribution is -2.35. The summed E-state index contributed by atoms with van der Waals surface area (Å²) in [6.45, 7) is -0.275. The number of phenolic OH excluding ortho intramolecular Hbond substituents is 1. The zero-order valence-electron chi connectivity index (χ0n) is 14.6. The van der Waals surface area contributed by atoms with Crippen molar-refractivity contribution in [1.82, 2.24) is 0 Å². The molecular weight excluding hydrogens is 362 g/mol. The maximum absolute atomic E-state index is 13.3. The molecule has 0 saturated heterocycles. The quantitative estimate of drug-likeness (QED) is 0.658. The van der Waals surface area contributed by atoms with Crippen LogP contribution in [0.5, 0.6) is 5.75 Å². The van der Waals surface area contributed by atoms with Crippen molar-refractivity contribution in [1.29, 1.82) is 0 Å². The molecule has 0 aliphatic carbocycles. The number of rotatable bonds is 6. The first kappa shape index (κ1) is 19.0. The van der Waals surface area contributed by atoms with Crippen LogP contribution in [0, 0.1) is 5.92 Å². The molecule has 0 aliphatic heterocycles. The van der Waals surface area contributed by atoms with Gasteiger partial charge in [-0.2, -0.15) is 0 Å². The number of carbonyl (C=O) groups is 1. The molecule has 3 aromatic carbocycles. The summed E-state index contributed by atoms with van der Waals surface area (Å²) >= 11 is 5.92. The third-order valence-electron chi connectivity index (χ3n) is 4.31. The van der Waals surface area contributed by atoms with Gasteiger partial charge in [0.05, 0.1) is 12.5 Å². The van der Waals surface area contributed by atoms with Gasteiger partial charge in [0.15, 0.2) is 0 Å². The standard InChI is InChI=1S/C22H20ClNO3/c23-18-8-6-16(7-9-18)14-17(15-25)22(27)24(19-4-2-1-3-5-19)20-10-12-21(26)13-11-20/h1-13,17,25-26H,14-15H2. The molecular formula is C22H20ClNO3. The number of halogens is 1. The first-order valence-electron chi connectivity index (χ1n) is 8.62. The van der Waals surface area contributed by atoms with Crippen molar-refractivity contribution in [3.05, 3.63) is 89.4 Å². The highest BCUT2D eigenvalue weighted by Crippen LogP contribution is 2.29. The van der Waals surface area contributed by atoms with Gasteiger partial charge in [0.1, 0.15) is 5.75 Å². The molecule has 0 bridgehead atoms. The van der Waals surface area contributed by atoms with E-state index in [1.165, 1.54) is 12.1 Å². The summed E-state index contributed by atoms with van der Waals surface area (Å²) in [5.74, 6) is -0.705. The van der Waals surface area contributed by atoms with Crippen molar-refractivity contribution in [2.45, 2.75) is 6.42 Å². The van der Waals surface area contributed by atoms with Gasteiger partial charge < -0.3 is 10.2 Å². The summed E-state index contributed by atoms with van der Waals surface area (Å²) in [6, 6.07) is 22.9. The molecule has 0 heterocycles. The number of hydrogen-bond donors (Lipinski definition) is 2. The molecule has 138 valence electrons. The number of carbonyl (C=O) groups excluding carboxylic acids is 1. The van der Waals surface area contributed by atoms with E-state index in [4.69, 9.17) is 11.6 Å². The Labute approximate surface area is 163 Å². The highest BCUT2D eigenvalue weighted by molar-refractivity contribution is 6.30. The van der Waals surface area contributed by atoms with Crippen LogP contribution in [0.25, 0.3) is 0 Å². The molecule has 4 nitrogen and oxygen atoms in total. The summed E-state index contributed by atoms with van der Waals surface area (Å²) in [5, 5.41) is 20.1. The van der Waals surface area contributed by atoms with Crippen LogP contribution in [0.1, 0.15) is 5.56 Å². The van der Waals surface area contributed by atoms with Crippen LogP contribution < -0.4 is 4.90 Å². The number of aliphatic hydroxyl groups excluding tert-OH is 1. The molecule has 5 heteroatoms. The summed E-state index contributed by atoms with van der Waals surface area (Å²) in [7, 11) is 0. The first-order chi connectivity index (χ1) is 13.1. The number of anilines is 2. The predicted octanol–water partition coefficient (Wildman–Crippen LogP) is 4.56. The third kappa shape index (κ3) is 4.67. The number of para-hydroxylation sites is 1. The Morgan fingerprint density at radius 3 is 2.07 bits per heavy atom. The smallest absolute Gasteiger partial charge is 0.237 e. The second-order valence-corrected chi connectivity index (χ2v) is 6.67. The molecule has 2 N–H and O–H groups in total. The minimum absolute atomic E-state index is 0.124. The van der Waals surface area contributed by atoms with Crippen molar-refractivity contribution in [2.75, 3.05) is 11.5 Å². The van der Waals surface area contributed by atoms with E-state index in [-0.39, 0.29) is 18.3 Å². The van der Waals surface area contributed by atoms with Crippen LogP contribution in [-0.2, 0) is 11.2 Å². The van der Waals surface area contributed by atoms with E-state index < -0.39 is 5.92 Å². The number of aliphatic hydroxyl groups is 1. The summed E-state index contributed by atoms with van der Waals surface area (Å²) in [6.07, 6.45) is 0.397. The lowest BCUT2D eigenvalue weighted by Gasteiger charge is -2.27. The fourth-order valence-electron chi connectivity index (χ4n) is 2.90. The van der Waals surface area contributed by atoms with Crippen LogP contribution in [0.2, 0.25) is 5.02 Å². The van der Waals surface area contributed by atoms with Crippen molar-refractivity contribution in [3.8, 4) is 5.75 Å². The Hall–Kier alpha value is -2.82. The summed E-state index contributed by atoms with van der Waals surface area (Å²) < 4.78 is 0. The largest absolute Gasteiger partial charge is 0.508 e. The molecule has 0 spiro atoms. The molecule has 3 rings (SSSR count). The molecule has 1 amide bonds. The molecule has 0 aliphatic rings. The Morgan fingerprint density at radius 2 is 1.48 bits per heavy atom. The van der Waals surface area contributed by atoms with E-state index in [9.17, 15) is 15.0 Å². The van der Waals surface area contributed by atoms with Gasteiger partial charge in [-0.3, -0.25) is 9.69 Å². The van der Waals surface area contributed by atoms with Crippen molar-refractivity contribution in [2.24, 2.45) is 5.92 Å². The van der Waals surface area contributed by atoms with E-state index >= 15 is 0 Å². The highest BCUT2D eigenvalue weighted by Gasteiger charge is 2.26. The minimum atomic E-state index is -0.611. The van der Waals surface area contributed by atoms with Crippen LogP contribution in [0.15, 0.2) is 78.9 Å². The molecule has 0 radical (unpaired) electrons. The van der Waals surface area contributed by atoms with E-state index in [0.29, 0.717) is 22.8 Å². The summed E-state index contributed by atoms with van der Waals surface area (Å²) in [5.41, 5.74) is 2.24. The minimum Gasteiger partial charge on any atom is -0.508 e. The second kappa shape index (κ2) is 8.71. The fraction of sp³-hybridized carbons (Fsp3) is 0.136. The van der Waals surface area contributed by atoms with Gasteiger partial charge in [-0.15, -0.1) is 0 Å². The maximum atomic E-state index is 13.3. The van der Waals surface area contributed by atoms with Gasteiger partial charge in [-0.25, -0.2) is 0 Å². The van der Waals surface area contributed by atoms with Gasteiger partial charge in [-0.05, 0) is 60.5 Å². The van der Waals surface area contributed by atoms with Crippen LogP contribution >= 0.6 is 11.6 Å². The number of benzene rings is 3. The average molecular weight is 382 g/mol. The van der Waals surface area contributed by atoms with Gasteiger partial charge in [0, 0.05) is 16.4 Å². The van der Waals surface area contributed by atoms with E-state index in [1.807, 2.05) is 42.5 Å². The van der Waals surface area contributed by atoms with Crippen LogP contribution in [0.3, 0.4) is 0 Å². The predicted molar refractivity (Wildman–Crippen MR) is 107 cm³/mol. The number of hydrogen-bond acceptors (Lipinski definition) is 3. The molecule has 0 aromatic heterocycles. The SMILES string of the molecule is O=C(C(CO)Cc1ccc(Cl)cc1)N(c1ccccc1)c1ccc(O)cc1. The van der Waals surface area contributed by atoms with Crippen LogP contribution in [0.4, 0.5) is 11.4 Å². The maximum Gasteiger partial charge on any atom is 0.237 e. The Balaban J connectivity index is 1.93. The lowest BCUT2D eigenvalue weighted by atomic mass is 9.98. The first-order valence-corrected chi connectivity index (χ1v) is 8.99. The zero-order chi connectivity index (χ0) is 19.2. The molecule has 3 aromatic rings. The zero-order valence-corrected chi connectivity index (χ0v) is 15.4. The third-order valence-corrected chi connectivity index (χ3v) is 4.56. The van der Waals surface area contributed by atoms with E-state index in [2.05, 4.69) is 0 Å². The molecule has 0 saturated carbocycles. The number of aromatic hydroxyl groups is 1. The molecule has 1 unspecified atom stereocenters. The normalized spacial score (nSPS) is 11.8. The van der Waals surface area contributed by atoms with Crippen molar-refractivity contribution >= 4 is 28.9 Å². The number of amides is 1. The number of nitrogens with zero attached hydrogens (tertiary/aromatic N) is 1. The molecule has 27 heavy (non-hydrogen) atoms.